The van der Waals surface area contributed by atoms with Gasteiger partial charge in [0.1, 0.15) is 0 Å². The highest BCUT2D eigenvalue weighted by Gasteiger charge is 2.26. The zero-order valence-corrected chi connectivity index (χ0v) is 12.8. The molecule has 0 spiro atoms. The molecule has 1 aliphatic rings. The minimum Gasteiger partial charge on any atom is -0.311 e. The van der Waals surface area contributed by atoms with Crippen LogP contribution in [0.25, 0.3) is 0 Å². The average Bonchev–Trinajstić information content (AvgIpc) is 3.05. The summed E-state index contributed by atoms with van der Waals surface area (Å²) in [6.45, 7) is 0.577. The Morgan fingerprint density at radius 3 is 2.81 bits per heavy atom. The Kier molecular flexibility index (Phi) is 3.56. The first-order valence-corrected chi connectivity index (χ1v) is 8.86. The van der Waals surface area contributed by atoms with Crippen molar-refractivity contribution in [3.05, 3.63) is 46.2 Å². The van der Waals surface area contributed by atoms with Crippen LogP contribution in [0, 0.1) is 0 Å². The van der Waals surface area contributed by atoms with Crippen molar-refractivity contribution in [2.24, 2.45) is 5.14 Å². The first-order chi connectivity index (χ1) is 9.95. The first kappa shape index (κ1) is 14.2. The van der Waals surface area contributed by atoms with Gasteiger partial charge >= 0.3 is 0 Å². The number of primary sulfonamides is 1. The number of fused-ring (bicyclic) bond motifs is 1. The molecule has 0 bridgehead atoms. The van der Waals surface area contributed by atoms with Crippen LogP contribution in [-0.4, -0.2) is 20.9 Å². The topological polar surface area (TPSA) is 80.5 Å². The Hall–Kier alpha value is -1.70. The van der Waals surface area contributed by atoms with E-state index < -0.39 is 10.0 Å². The molecule has 0 radical (unpaired) electrons. The Bertz CT molecular complexity index is 783. The maximum atomic E-state index is 12.4. The van der Waals surface area contributed by atoms with Crippen LogP contribution in [0.15, 0.2) is 40.6 Å². The second-order valence-electron chi connectivity index (χ2n) is 4.89. The highest BCUT2D eigenvalue weighted by atomic mass is 32.2. The minimum atomic E-state index is -3.76. The van der Waals surface area contributed by atoms with Crippen LogP contribution in [0.5, 0.6) is 0 Å². The molecule has 2 N–H and O–H groups in total. The maximum Gasteiger partial charge on any atom is 0.238 e. The molecule has 0 fully saturated rings. The molecule has 1 aromatic carbocycles. The van der Waals surface area contributed by atoms with E-state index in [-0.39, 0.29) is 10.8 Å². The molecule has 5 nitrogen and oxygen atoms in total. The van der Waals surface area contributed by atoms with Gasteiger partial charge in [0.05, 0.1) is 11.3 Å². The zero-order chi connectivity index (χ0) is 15.0. The van der Waals surface area contributed by atoms with Gasteiger partial charge < -0.3 is 4.90 Å². The summed E-state index contributed by atoms with van der Waals surface area (Å²) in [5, 5.41) is 7.08. The summed E-state index contributed by atoms with van der Waals surface area (Å²) in [4.78, 5) is 15.1. The molecule has 1 aromatic heterocycles. The van der Waals surface area contributed by atoms with Gasteiger partial charge in [-0.2, -0.15) is 0 Å². The van der Waals surface area contributed by atoms with Gasteiger partial charge in [0.2, 0.25) is 15.9 Å². The predicted molar refractivity (Wildman–Crippen MR) is 81.9 cm³/mol. The fourth-order valence-corrected chi connectivity index (χ4v) is 3.68. The van der Waals surface area contributed by atoms with E-state index in [9.17, 15) is 13.2 Å². The van der Waals surface area contributed by atoms with Crippen LogP contribution < -0.4 is 10.0 Å². The van der Waals surface area contributed by atoms with Crippen molar-refractivity contribution in [2.45, 2.75) is 17.7 Å². The summed E-state index contributed by atoms with van der Waals surface area (Å²) in [6.07, 6.45) is 1.06. The molecule has 21 heavy (non-hydrogen) atoms. The smallest absolute Gasteiger partial charge is 0.238 e. The van der Waals surface area contributed by atoms with Gasteiger partial charge in [-0.3, -0.25) is 4.79 Å². The van der Waals surface area contributed by atoms with Crippen LogP contribution in [0.2, 0.25) is 0 Å². The van der Waals surface area contributed by atoms with Crippen molar-refractivity contribution in [2.75, 3.05) is 11.4 Å². The maximum absolute atomic E-state index is 12.4. The summed E-state index contributed by atoms with van der Waals surface area (Å²) in [5.74, 6) is -0.0252. The van der Waals surface area contributed by atoms with Crippen molar-refractivity contribution in [1.29, 1.82) is 0 Å². The van der Waals surface area contributed by atoms with E-state index in [2.05, 4.69) is 0 Å². The lowest BCUT2D eigenvalue weighted by Gasteiger charge is -2.17. The second kappa shape index (κ2) is 5.25. The molecule has 0 atom stereocenters. The van der Waals surface area contributed by atoms with Gasteiger partial charge in [-0.05, 0) is 35.6 Å². The fraction of sp³-hybridized carbons (Fsp3) is 0.214. The number of carbonyl (C=O) groups excluding carboxylic acids is 1. The number of amides is 1. The molecule has 110 valence electrons. The molecule has 2 aromatic rings. The standard InChI is InChI=1S/C14H14N2O3S2/c15-21(18,19)12-4-3-10-5-6-16(13(10)9-12)14(17)8-11-2-1-7-20-11/h1-4,7,9H,5-6,8H2,(H2,15,18,19). The van der Waals surface area contributed by atoms with Gasteiger partial charge in [0, 0.05) is 17.1 Å². The summed E-state index contributed by atoms with van der Waals surface area (Å²) < 4.78 is 22.9. The van der Waals surface area contributed by atoms with Crippen molar-refractivity contribution in [1.82, 2.24) is 0 Å². The third-order valence-electron chi connectivity index (χ3n) is 3.49. The van der Waals surface area contributed by atoms with Gasteiger partial charge in [-0.25, -0.2) is 13.6 Å². The molecular formula is C14H14N2O3S2. The monoisotopic (exact) mass is 322 g/mol. The average molecular weight is 322 g/mol. The number of benzene rings is 1. The lowest BCUT2D eigenvalue weighted by Crippen LogP contribution is -2.30. The number of anilines is 1. The molecule has 2 heterocycles. The fourth-order valence-electron chi connectivity index (χ4n) is 2.45. The van der Waals surface area contributed by atoms with Crippen LogP contribution in [0.3, 0.4) is 0 Å². The van der Waals surface area contributed by atoms with Crippen molar-refractivity contribution in [3.63, 3.8) is 0 Å². The van der Waals surface area contributed by atoms with Gasteiger partial charge in [-0.1, -0.05) is 12.1 Å². The van der Waals surface area contributed by atoms with Crippen molar-refractivity contribution in [3.8, 4) is 0 Å². The third-order valence-corrected chi connectivity index (χ3v) is 5.27. The van der Waals surface area contributed by atoms with Crippen LogP contribution in [-0.2, 0) is 27.7 Å². The van der Waals surface area contributed by atoms with Gasteiger partial charge in [0.15, 0.2) is 0 Å². The largest absolute Gasteiger partial charge is 0.311 e. The lowest BCUT2D eigenvalue weighted by atomic mass is 10.2. The number of sulfonamides is 1. The molecule has 0 unspecified atom stereocenters. The van der Waals surface area contributed by atoms with E-state index in [4.69, 9.17) is 5.14 Å². The summed E-state index contributed by atoms with van der Waals surface area (Å²) in [6, 6.07) is 8.53. The normalized spacial score (nSPS) is 14.2. The number of hydrogen-bond donors (Lipinski definition) is 1. The number of nitrogens with zero attached hydrogens (tertiary/aromatic N) is 1. The molecule has 0 saturated heterocycles. The van der Waals surface area contributed by atoms with E-state index in [1.165, 1.54) is 23.5 Å². The molecule has 7 heteroatoms. The van der Waals surface area contributed by atoms with Crippen LogP contribution in [0.1, 0.15) is 10.4 Å². The van der Waals surface area contributed by atoms with E-state index in [0.29, 0.717) is 18.7 Å². The number of hydrogen-bond acceptors (Lipinski definition) is 4. The van der Waals surface area contributed by atoms with E-state index >= 15 is 0 Å². The number of carbonyl (C=O) groups is 1. The third kappa shape index (κ3) is 2.85. The van der Waals surface area contributed by atoms with Crippen molar-refractivity contribution >= 4 is 33.0 Å². The molecular weight excluding hydrogens is 308 g/mol. The van der Waals surface area contributed by atoms with Gasteiger partial charge in [-0.15, -0.1) is 11.3 Å². The predicted octanol–water partition coefficient (Wildman–Crippen LogP) is 1.53. The van der Waals surface area contributed by atoms with Crippen LogP contribution >= 0.6 is 11.3 Å². The summed E-state index contributed by atoms with van der Waals surface area (Å²) >= 11 is 1.54. The van der Waals surface area contributed by atoms with E-state index in [1.54, 1.807) is 11.0 Å². The summed E-state index contributed by atoms with van der Waals surface area (Å²) in [7, 11) is -3.76. The SMILES string of the molecule is NS(=O)(=O)c1ccc2c(c1)N(C(=O)Cc1cccs1)CC2. The molecule has 0 saturated carbocycles. The molecule has 3 rings (SSSR count). The Labute approximate surface area is 127 Å². The summed E-state index contributed by atoms with van der Waals surface area (Å²) in [5.41, 5.74) is 1.63. The Balaban J connectivity index is 1.90. The highest BCUT2D eigenvalue weighted by molar-refractivity contribution is 7.89. The Morgan fingerprint density at radius 1 is 1.33 bits per heavy atom. The first-order valence-electron chi connectivity index (χ1n) is 6.43. The van der Waals surface area contributed by atoms with Crippen LogP contribution in [0.4, 0.5) is 5.69 Å². The molecule has 1 aliphatic heterocycles. The molecule has 1 amide bonds. The molecule has 0 aliphatic carbocycles. The second-order valence-corrected chi connectivity index (χ2v) is 7.48. The number of thiophene rings is 1. The quantitative estimate of drug-likeness (QED) is 0.930. The lowest BCUT2D eigenvalue weighted by molar-refractivity contribution is -0.117. The van der Waals surface area contributed by atoms with E-state index in [0.717, 1.165) is 16.9 Å². The number of nitrogens with two attached hydrogens (primary N) is 1. The van der Waals surface area contributed by atoms with Crippen molar-refractivity contribution < 1.29 is 13.2 Å². The minimum absolute atomic E-state index is 0.0252. The van der Waals surface area contributed by atoms with E-state index in [1.807, 2.05) is 17.5 Å². The number of rotatable bonds is 3. The Morgan fingerprint density at radius 2 is 2.14 bits per heavy atom. The van der Waals surface area contributed by atoms with Gasteiger partial charge in [0.25, 0.3) is 0 Å². The highest BCUT2D eigenvalue weighted by Crippen LogP contribution is 2.31. The zero-order valence-electron chi connectivity index (χ0n) is 11.2.